The summed E-state index contributed by atoms with van der Waals surface area (Å²) in [5.41, 5.74) is 0. The predicted octanol–water partition coefficient (Wildman–Crippen LogP) is 0.751. The second-order valence-electron chi connectivity index (χ2n) is 4.13. The van der Waals surface area contributed by atoms with E-state index < -0.39 is 10.0 Å². The molecule has 0 radical (unpaired) electrons. The lowest BCUT2D eigenvalue weighted by Gasteiger charge is -2.07. The lowest BCUT2D eigenvalue weighted by molar-refractivity contribution is 0.128. The van der Waals surface area contributed by atoms with E-state index in [1.807, 2.05) is 0 Å². The van der Waals surface area contributed by atoms with Crippen LogP contribution in [0.4, 0.5) is 0 Å². The molecule has 1 aromatic heterocycles. The van der Waals surface area contributed by atoms with Crippen LogP contribution in [-0.4, -0.2) is 38.4 Å². The standard InChI is InChI=1S/C10H19N3O3S/c1-9(2)3-5-16-6-4-13-17(14,15)10-7-11-12-8-10/h7-9,13H,3-6H2,1-2H3,(H,11,12). The van der Waals surface area contributed by atoms with Gasteiger partial charge >= 0.3 is 0 Å². The Labute approximate surface area is 102 Å². The van der Waals surface area contributed by atoms with E-state index in [4.69, 9.17) is 4.74 Å². The zero-order chi connectivity index (χ0) is 12.7. The first-order valence-electron chi connectivity index (χ1n) is 5.58. The van der Waals surface area contributed by atoms with Gasteiger partial charge in [0, 0.05) is 19.3 Å². The van der Waals surface area contributed by atoms with E-state index in [-0.39, 0.29) is 11.4 Å². The largest absolute Gasteiger partial charge is 0.380 e. The van der Waals surface area contributed by atoms with Gasteiger partial charge in [0.05, 0.1) is 12.8 Å². The van der Waals surface area contributed by atoms with E-state index in [0.717, 1.165) is 6.42 Å². The zero-order valence-electron chi connectivity index (χ0n) is 10.1. The lowest BCUT2D eigenvalue weighted by atomic mass is 10.1. The van der Waals surface area contributed by atoms with Crippen molar-refractivity contribution < 1.29 is 13.2 Å². The molecule has 98 valence electrons. The number of ether oxygens (including phenoxy) is 1. The molecule has 0 atom stereocenters. The van der Waals surface area contributed by atoms with Gasteiger partial charge in [-0.2, -0.15) is 5.10 Å². The monoisotopic (exact) mass is 261 g/mol. The maximum Gasteiger partial charge on any atom is 0.243 e. The van der Waals surface area contributed by atoms with Crippen molar-refractivity contribution in [1.82, 2.24) is 14.9 Å². The number of hydrogen-bond acceptors (Lipinski definition) is 4. The molecule has 1 rings (SSSR count). The predicted molar refractivity (Wildman–Crippen MR) is 64.1 cm³/mol. The molecule has 0 aliphatic carbocycles. The van der Waals surface area contributed by atoms with Gasteiger partial charge < -0.3 is 4.74 Å². The smallest absolute Gasteiger partial charge is 0.243 e. The summed E-state index contributed by atoms with van der Waals surface area (Å²) in [6.45, 7) is 5.54. The number of sulfonamides is 1. The molecular weight excluding hydrogens is 242 g/mol. The number of aromatic nitrogens is 2. The van der Waals surface area contributed by atoms with Crippen LogP contribution < -0.4 is 4.72 Å². The molecule has 17 heavy (non-hydrogen) atoms. The van der Waals surface area contributed by atoms with Crippen LogP contribution in [0.15, 0.2) is 17.3 Å². The fourth-order valence-corrected chi connectivity index (χ4v) is 2.06. The molecule has 0 saturated heterocycles. The molecule has 6 nitrogen and oxygen atoms in total. The van der Waals surface area contributed by atoms with Crippen molar-refractivity contribution in [2.75, 3.05) is 19.8 Å². The molecule has 0 fully saturated rings. The Hall–Kier alpha value is -0.920. The third kappa shape index (κ3) is 5.29. The Morgan fingerprint density at radius 3 is 2.82 bits per heavy atom. The summed E-state index contributed by atoms with van der Waals surface area (Å²) in [6, 6.07) is 0. The van der Waals surface area contributed by atoms with Crippen molar-refractivity contribution in [3.63, 3.8) is 0 Å². The second-order valence-corrected chi connectivity index (χ2v) is 5.89. The Morgan fingerprint density at radius 1 is 1.47 bits per heavy atom. The molecule has 2 N–H and O–H groups in total. The van der Waals surface area contributed by atoms with Gasteiger partial charge in [0.1, 0.15) is 4.90 Å². The van der Waals surface area contributed by atoms with E-state index >= 15 is 0 Å². The molecule has 0 aromatic carbocycles. The first-order valence-corrected chi connectivity index (χ1v) is 7.07. The summed E-state index contributed by atoms with van der Waals surface area (Å²) in [4.78, 5) is 0.139. The second kappa shape index (κ2) is 6.73. The molecule has 0 aliphatic heterocycles. The summed E-state index contributed by atoms with van der Waals surface area (Å²) in [7, 11) is -3.44. The maximum absolute atomic E-state index is 11.6. The van der Waals surface area contributed by atoms with Crippen LogP contribution in [0.2, 0.25) is 0 Å². The molecule has 0 amide bonds. The molecule has 0 bridgehead atoms. The van der Waals surface area contributed by atoms with Crippen LogP contribution in [-0.2, 0) is 14.8 Å². The Balaban J connectivity index is 2.19. The number of nitrogens with one attached hydrogen (secondary N) is 2. The number of aromatic amines is 1. The van der Waals surface area contributed by atoms with Gasteiger partial charge in [0.2, 0.25) is 10.0 Å². The highest BCUT2D eigenvalue weighted by molar-refractivity contribution is 7.89. The highest BCUT2D eigenvalue weighted by Gasteiger charge is 2.13. The SMILES string of the molecule is CC(C)CCOCCNS(=O)(=O)c1cn[nH]c1. The topological polar surface area (TPSA) is 84.1 Å². The normalized spacial score (nSPS) is 12.2. The minimum atomic E-state index is -3.44. The minimum Gasteiger partial charge on any atom is -0.380 e. The van der Waals surface area contributed by atoms with E-state index in [0.29, 0.717) is 19.1 Å². The third-order valence-electron chi connectivity index (χ3n) is 2.16. The van der Waals surface area contributed by atoms with Crippen molar-refractivity contribution in [2.45, 2.75) is 25.2 Å². The quantitative estimate of drug-likeness (QED) is 0.676. The van der Waals surface area contributed by atoms with Gasteiger partial charge in [-0.05, 0) is 12.3 Å². The molecule has 0 saturated carbocycles. The van der Waals surface area contributed by atoms with Crippen molar-refractivity contribution >= 4 is 10.0 Å². The zero-order valence-corrected chi connectivity index (χ0v) is 11.0. The first kappa shape index (κ1) is 14.1. The van der Waals surface area contributed by atoms with Crippen LogP contribution in [0.5, 0.6) is 0 Å². The van der Waals surface area contributed by atoms with Gasteiger partial charge in [-0.3, -0.25) is 5.10 Å². The van der Waals surface area contributed by atoms with Crippen molar-refractivity contribution in [3.05, 3.63) is 12.4 Å². The summed E-state index contributed by atoms with van der Waals surface area (Å²) in [5.74, 6) is 0.595. The Kier molecular flexibility index (Phi) is 5.60. The van der Waals surface area contributed by atoms with Gasteiger partial charge in [-0.25, -0.2) is 13.1 Å². The van der Waals surface area contributed by atoms with E-state index in [1.54, 1.807) is 0 Å². The molecule has 0 spiro atoms. The molecule has 1 heterocycles. The molecule has 7 heteroatoms. The Morgan fingerprint density at radius 2 is 2.24 bits per heavy atom. The number of H-pyrrole nitrogens is 1. The summed E-state index contributed by atoms with van der Waals surface area (Å²) < 4.78 is 31.0. The van der Waals surface area contributed by atoms with Crippen molar-refractivity contribution in [1.29, 1.82) is 0 Å². The average molecular weight is 261 g/mol. The van der Waals surface area contributed by atoms with Crippen LogP contribution in [0.1, 0.15) is 20.3 Å². The summed E-state index contributed by atoms with van der Waals surface area (Å²) in [5, 5.41) is 6.05. The van der Waals surface area contributed by atoms with Crippen molar-refractivity contribution in [3.8, 4) is 0 Å². The fourth-order valence-electron chi connectivity index (χ4n) is 1.14. The number of rotatable bonds is 8. The maximum atomic E-state index is 11.6. The highest BCUT2D eigenvalue weighted by atomic mass is 32.2. The van der Waals surface area contributed by atoms with Crippen LogP contribution >= 0.6 is 0 Å². The Bertz CT molecular complexity index is 400. The van der Waals surface area contributed by atoms with Gasteiger partial charge in [0.15, 0.2) is 0 Å². The van der Waals surface area contributed by atoms with E-state index in [1.165, 1.54) is 12.4 Å². The third-order valence-corrected chi connectivity index (χ3v) is 3.59. The number of nitrogens with zero attached hydrogens (tertiary/aromatic N) is 1. The summed E-state index contributed by atoms with van der Waals surface area (Å²) >= 11 is 0. The summed E-state index contributed by atoms with van der Waals surface area (Å²) in [6.07, 6.45) is 3.58. The number of hydrogen-bond donors (Lipinski definition) is 2. The molecule has 0 unspecified atom stereocenters. The minimum absolute atomic E-state index is 0.139. The first-order chi connectivity index (χ1) is 8.02. The van der Waals surface area contributed by atoms with Gasteiger partial charge in [-0.1, -0.05) is 13.8 Å². The average Bonchev–Trinajstić information content (AvgIpc) is 2.76. The van der Waals surface area contributed by atoms with Crippen LogP contribution in [0.3, 0.4) is 0 Å². The molecule has 1 aromatic rings. The highest BCUT2D eigenvalue weighted by Crippen LogP contribution is 2.03. The van der Waals surface area contributed by atoms with Crippen LogP contribution in [0, 0.1) is 5.92 Å². The fraction of sp³-hybridized carbons (Fsp3) is 0.700. The van der Waals surface area contributed by atoms with E-state index in [2.05, 4.69) is 28.8 Å². The molecular formula is C10H19N3O3S. The van der Waals surface area contributed by atoms with Gasteiger partial charge in [0.25, 0.3) is 0 Å². The lowest BCUT2D eigenvalue weighted by Crippen LogP contribution is -2.27. The van der Waals surface area contributed by atoms with Crippen LogP contribution in [0.25, 0.3) is 0 Å². The molecule has 0 aliphatic rings. The van der Waals surface area contributed by atoms with E-state index in [9.17, 15) is 8.42 Å². The van der Waals surface area contributed by atoms with Crippen molar-refractivity contribution in [2.24, 2.45) is 5.92 Å². The van der Waals surface area contributed by atoms with Gasteiger partial charge in [-0.15, -0.1) is 0 Å².